The fourth-order valence-corrected chi connectivity index (χ4v) is 1.17. The van der Waals surface area contributed by atoms with E-state index in [1.807, 2.05) is 6.92 Å². The van der Waals surface area contributed by atoms with Gasteiger partial charge in [0.25, 0.3) is 0 Å². The number of carbonyl (C=O) groups is 1. The summed E-state index contributed by atoms with van der Waals surface area (Å²) in [5.41, 5.74) is 0. The van der Waals surface area contributed by atoms with E-state index in [-0.39, 0.29) is 6.61 Å². The summed E-state index contributed by atoms with van der Waals surface area (Å²) in [7, 11) is 0. The molecule has 2 N–H and O–H groups in total. The van der Waals surface area contributed by atoms with Gasteiger partial charge in [0.05, 0.1) is 6.61 Å². The highest BCUT2D eigenvalue weighted by atomic mass is 16.5. The molecule has 1 aliphatic rings. The van der Waals surface area contributed by atoms with Gasteiger partial charge in [-0.2, -0.15) is 0 Å². The highest BCUT2D eigenvalue weighted by molar-refractivity contribution is 5.73. The monoisotopic (exact) mass is 201 g/mol. The summed E-state index contributed by atoms with van der Waals surface area (Å²) >= 11 is 0. The van der Waals surface area contributed by atoms with Crippen LogP contribution in [0.4, 0.5) is 0 Å². The van der Waals surface area contributed by atoms with Crippen LogP contribution in [0.5, 0.6) is 0 Å². The minimum atomic E-state index is -0.825. The molecule has 1 atom stereocenters. The summed E-state index contributed by atoms with van der Waals surface area (Å²) < 4.78 is 5.33. The summed E-state index contributed by atoms with van der Waals surface area (Å²) in [6.07, 6.45) is 3.41. The van der Waals surface area contributed by atoms with Gasteiger partial charge in [0.15, 0.2) is 0 Å². The standard InChI is InChI=1S/C10H19NO3/c1-2-5-11-9(10(12)13)7-14-6-8-3-4-8/h8-9,11H,2-7H2,1H3,(H,12,13). The Morgan fingerprint density at radius 3 is 2.86 bits per heavy atom. The smallest absolute Gasteiger partial charge is 0.323 e. The van der Waals surface area contributed by atoms with Crippen LogP contribution in [0, 0.1) is 5.92 Å². The first-order valence-electron chi connectivity index (χ1n) is 5.28. The second-order valence-corrected chi connectivity index (χ2v) is 3.83. The van der Waals surface area contributed by atoms with Gasteiger partial charge in [0, 0.05) is 6.61 Å². The molecule has 0 bridgehead atoms. The van der Waals surface area contributed by atoms with Crippen molar-refractivity contribution in [3.05, 3.63) is 0 Å². The van der Waals surface area contributed by atoms with Crippen molar-refractivity contribution in [2.75, 3.05) is 19.8 Å². The molecule has 1 aliphatic carbocycles. The van der Waals surface area contributed by atoms with Gasteiger partial charge in [-0.15, -0.1) is 0 Å². The maximum absolute atomic E-state index is 10.8. The number of carboxylic acids is 1. The Labute approximate surface area is 84.6 Å². The van der Waals surface area contributed by atoms with E-state index in [1.165, 1.54) is 12.8 Å². The Morgan fingerprint density at radius 2 is 2.36 bits per heavy atom. The minimum Gasteiger partial charge on any atom is -0.480 e. The number of hydrogen-bond acceptors (Lipinski definition) is 3. The highest BCUT2D eigenvalue weighted by Crippen LogP contribution is 2.28. The number of rotatable bonds is 8. The lowest BCUT2D eigenvalue weighted by Gasteiger charge is -2.13. The number of hydrogen-bond donors (Lipinski definition) is 2. The molecular weight excluding hydrogens is 182 g/mol. The molecule has 1 rings (SSSR count). The zero-order valence-electron chi connectivity index (χ0n) is 8.66. The lowest BCUT2D eigenvalue weighted by molar-refractivity contribution is -0.141. The average Bonchev–Trinajstić information content (AvgIpc) is 2.94. The van der Waals surface area contributed by atoms with E-state index in [4.69, 9.17) is 9.84 Å². The minimum absolute atomic E-state index is 0.284. The zero-order chi connectivity index (χ0) is 10.4. The summed E-state index contributed by atoms with van der Waals surface area (Å²) in [4.78, 5) is 10.8. The van der Waals surface area contributed by atoms with Gasteiger partial charge in [-0.25, -0.2) is 0 Å². The largest absolute Gasteiger partial charge is 0.480 e. The molecule has 0 amide bonds. The first-order valence-corrected chi connectivity index (χ1v) is 5.28. The molecule has 0 aromatic rings. The molecule has 82 valence electrons. The van der Waals surface area contributed by atoms with E-state index in [1.54, 1.807) is 0 Å². The van der Waals surface area contributed by atoms with E-state index in [9.17, 15) is 4.79 Å². The Balaban J connectivity index is 2.09. The Bertz CT molecular complexity index is 180. The lowest BCUT2D eigenvalue weighted by atomic mass is 10.3. The van der Waals surface area contributed by atoms with Gasteiger partial charge in [0.1, 0.15) is 6.04 Å². The van der Waals surface area contributed by atoms with Crippen molar-refractivity contribution in [2.24, 2.45) is 5.92 Å². The van der Waals surface area contributed by atoms with Gasteiger partial charge in [-0.3, -0.25) is 4.79 Å². The number of nitrogens with one attached hydrogen (secondary N) is 1. The highest BCUT2D eigenvalue weighted by Gasteiger charge is 2.23. The molecule has 0 aromatic carbocycles. The van der Waals surface area contributed by atoms with Crippen LogP contribution in [0.2, 0.25) is 0 Å². The van der Waals surface area contributed by atoms with E-state index in [0.29, 0.717) is 5.92 Å². The number of carboxylic acid groups (broad SMARTS) is 1. The van der Waals surface area contributed by atoms with Gasteiger partial charge < -0.3 is 15.2 Å². The van der Waals surface area contributed by atoms with Crippen molar-refractivity contribution >= 4 is 5.97 Å². The summed E-state index contributed by atoms with van der Waals surface area (Å²) in [6, 6.07) is -0.548. The molecule has 0 radical (unpaired) electrons. The van der Waals surface area contributed by atoms with Crippen LogP contribution in [-0.2, 0) is 9.53 Å². The Kier molecular flexibility index (Phi) is 4.90. The fraction of sp³-hybridized carbons (Fsp3) is 0.900. The van der Waals surface area contributed by atoms with Gasteiger partial charge in [-0.1, -0.05) is 6.92 Å². The van der Waals surface area contributed by atoms with Crippen molar-refractivity contribution in [1.29, 1.82) is 0 Å². The third-order valence-electron chi connectivity index (χ3n) is 2.27. The van der Waals surface area contributed by atoms with E-state index < -0.39 is 12.0 Å². The first kappa shape index (κ1) is 11.5. The first-order chi connectivity index (χ1) is 6.74. The summed E-state index contributed by atoms with van der Waals surface area (Å²) in [5, 5.41) is 11.8. The number of aliphatic carboxylic acids is 1. The van der Waals surface area contributed by atoms with Crippen molar-refractivity contribution < 1.29 is 14.6 Å². The predicted octanol–water partition coefficient (Wildman–Crippen LogP) is 0.866. The van der Waals surface area contributed by atoms with Crippen LogP contribution in [0.15, 0.2) is 0 Å². The average molecular weight is 201 g/mol. The molecule has 0 aliphatic heterocycles. The summed E-state index contributed by atoms with van der Waals surface area (Å²) in [6.45, 7) is 3.74. The third kappa shape index (κ3) is 4.58. The second-order valence-electron chi connectivity index (χ2n) is 3.83. The quantitative estimate of drug-likeness (QED) is 0.611. The van der Waals surface area contributed by atoms with Crippen LogP contribution < -0.4 is 5.32 Å². The van der Waals surface area contributed by atoms with Crippen molar-refractivity contribution in [3.8, 4) is 0 Å². The Hall–Kier alpha value is -0.610. The lowest BCUT2D eigenvalue weighted by Crippen LogP contribution is -2.41. The molecule has 0 heterocycles. The molecular formula is C10H19NO3. The van der Waals surface area contributed by atoms with Crippen molar-refractivity contribution in [2.45, 2.75) is 32.2 Å². The molecule has 14 heavy (non-hydrogen) atoms. The van der Waals surface area contributed by atoms with Crippen molar-refractivity contribution in [3.63, 3.8) is 0 Å². The number of ether oxygens (including phenoxy) is 1. The maximum Gasteiger partial charge on any atom is 0.323 e. The van der Waals surface area contributed by atoms with Gasteiger partial charge in [0.2, 0.25) is 0 Å². The topological polar surface area (TPSA) is 58.6 Å². The molecule has 4 heteroatoms. The second kappa shape index (κ2) is 5.98. The zero-order valence-corrected chi connectivity index (χ0v) is 8.66. The van der Waals surface area contributed by atoms with Crippen LogP contribution >= 0.6 is 0 Å². The van der Waals surface area contributed by atoms with E-state index in [2.05, 4.69) is 5.32 Å². The normalized spacial score (nSPS) is 18.1. The van der Waals surface area contributed by atoms with Crippen LogP contribution in [0.3, 0.4) is 0 Å². The molecule has 4 nitrogen and oxygen atoms in total. The molecule has 0 aromatic heterocycles. The molecule has 0 spiro atoms. The van der Waals surface area contributed by atoms with Crippen LogP contribution in [0.1, 0.15) is 26.2 Å². The van der Waals surface area contributed by atoms with Crippen LogP contribution in [-0.4, -0.2) is 36.9 Å². The van der Waals surface area contributed by atoms with Gasteiger partial charge >= 0.3 is 5.97 Å². The molecule has 0 saturated heterocycles. The van der Waals surface area contributed by atoms with E-state index >= 15 is 0 Å². The maximum atomic E-state index is 10.8. The van der Waals surface area contributed by atoms with Crippen LogP contribution in [0.25, 0.3) is 0 Å². The SMILES string of the molecule is CCCNC(COCC1CC1)C(=O)O. The van der Waals surface area contributed by atoms with Gasteiger partial charge in [-0.05, 0) is 31.7 Å². The Morgan fingerprint density at radius 1 is 1.64 bits per heavy atom. The molecule has 1 unspecified atom stereocenters. The third-order valence-corrected chi connectivity index (χ3v) is 2.27. The van der Waals surface area contributed by atoms with E-state index in [0.717, 1.165) is 19.6 Å². The summed E-state index contributed by atoms with van der Waals surface area (Å²) in [5.74, 6) is -0.134. The van der Waals surface area contributed by atoms with Crippen molar-refractivity contribution in [1.82, 2.24) is 5.32 Å². The fourth-order valence-electron chi connectivity index (χ4n) is 1.17. The molecule has 1 fully saturated rings. The predicted molar refractivity (Wildman–Crippen MR) is 53.3 cm³/mol. The molecule has 1 saturated carbocycles.